The minimum Gasteiger partial charge on any atom is -0.390 e. The zero-order valence-corrected chi connectivity index (χ0v) is 18.4. The molecule has 0 radical (unpaired) electrons. The topological polar surface area (TPSA) is 86.9 Å². The molecule has 3 aromatic rings. The van der Waals surface area contributed by atoms with E-state index in [9.17, 15) is 10.2 Å². The van der Waals surface area contributed by atoms with E-state index in [0.717, 1.165) is 36.4 Å². The number of hydrogen-bond donors (Lipinski definition) is 2. The lowest BCUT2D eigenvalue weighted by molar-refractivity contribution is 0.0937. The summed E-state index contributed by atoms with van der Waals surface area (Å²) in [6.45, 7) is 3.10. The number of β-amino-alcohol motifs (C(OH)–C–C–N with tert-alkyl or cyclic N) is 1. The summed E-state index contributed by atoms with van der Waals surface area (Å²) in [5.41, 5.74) is 5.79. The largest absolute Gasteiger partial charge is 0.390 e. The van der Waals surface area contributed by atoms with E-state index in [0.29, 0.717) is 25.3 Å². The molecule has 3 heterocycles. The Bertz CT molecular complexity index is 1160. The summed E-state index contributed by atoms with van der Waals surface area (Å²) in [5.74, 6) is 0. The van der Waals surface area contributed by atoms with Crippen LogP contribution in [-0.4, -0.2) is 52.2 Å². The average Bonchev–Trinajstić information content (AvgIpc) is 3.10. The Morgan fingerprint density at radius 1 is 0.970 bits per heavy atom. The Morgan fingerprint density at radius 3 is 2.42 bits per heavy atom. The summed E-state index contributed by atoms with van der Waals surface area (Å²) in [7, 11) is 0. The number of para-hydroxylation sites is 2. The average molecular weight is 442 g/mol. The van der Waals surface area contributed by atoms with Crippen molar-refractivity contribution in [3.8, 4) is 6.07 Å². The number of hydrogen-bond acceptors (Lipinski definition) is 7. The Balaban J connectivity index is 1.27. The predicted molar refractivity (Wildman–Crippen MR) is 126 cm³/mol. The van der Waals surface area contributed by atoms with Crippen LogP contribution in [0.25, 0.3) is 0 Å². The first kappa shape index (κ1) is 21.4. The normalized spacial score (nSPS) is 18.5. The van der Waals surface area contributed by atoms with Crippen molar-refractivity contribution in [3.63, 3.8) is 0 Å². The number of nitriles is 1. The van der Waals surface area contributed by atoms with Gasteiger partial charge in [-0.1, -0.05) is 42.5 Å². The molecule has 0 saturated carbocycles. The van der Waals surface area contributed by atoms with Crippen LogP contribution in [0.2, 0.25) is 0 Å². The predicted octanol–water partition coefficient (Wildman–Crippen LogP) is 2.47. The summed E-state index contributed by atoms with van der Waals surface area (Å²) in [6.07, 6.45) is 1.16. The lowest BCUT2D eigenvalue weighted by Crippen LogP contribution is -2.48. The molecule has 7 nitrogen and oxygen atoms in total. The van der Waals surface area contributed by atoms with E-state index in [4.69, 9.17) is 5.26 Å². The van der Waals surface area contributed by atoms with Crippen LogP contribution in [0.15, 0.2) is 66.9 Å². The van der Waals surface area contributed by atoms with Gasteiger partial charge in [0.05, 0.1) is 17.5 Å². The van der Waals surface area contributed by atoms with Gasteiger partial charge in [0.25, 0.3) is 0 Å². The molecule has 0 spiro atoms. The van der Waals surface area contributed by atoms with E-state index in [2.05, 4.69) is 34.1 Å². The molecule has 0 saturated heterocycles. The van der Waals surface area contributed by atoms with Crippen molar-refractivity contribution in [2.45, 2.75) is 32.0 Å². The highest BCUT2D eigenvalue weighted by Crippen LogP contribution is 2.39. The molecule has 7 heteroatoms. The number of pyridine rings is 1. The molecule has 2 aliphatic heterocycles. The fraction of sp³-hybridized carbons (Fsp3) is 0.308. The van der Waals surface area contributed by atoms with Crippen molar-refractivity contribution in [1.82, 2.24) is 9.88 Å². The number of aromatic nitrogens is 1. The summed E-state index contributed by atoms with van der Waals surface area (Å²) in [5, 5.41) is 31.1. The number of aliphatic hydroxyl groups excluding tert-OH is 2. The van der Waals surface area contributed by atoms with Gasteiger partial charge in [-0.3, -0.25) is 4.90 Å². The van der Waals surface area contributed by atoms with Gasteiger partial charge in [-0.15, -0.1) is 0 Å². The van der Waals surface area contributed by atoms with E-state index >= 15 is 0 Å². The molecule has 2 atom stereocenters. The second kappa shape index (κ2) is 9.20. The van der Waals surface area contributed by atoms with Crippen LogP contribution in [0.3, 0.4) is 0 Å². The van der Waals surface area contributed by atoms with Gasteiger partial charge >= 0.3 is 0 Å². The first-order valence-electron chi connectivity index (χ1n) is 11.2. The smallest absolute Gasteiger partial charge is 0.208 e. The van der Waals surface area contributed by atoms with Gasteiger partial charge < -0.3 is 20.0 Å². The molecule has 2 unspecified atom stereocenters. The first-order valence-corrected chi connectivity index (χ1v) is 11.2. The molecule has 2 aromatic carbocycles. The summed E-state index contributed by atoms with van der Waals surface area (Å²) < 4.78 is 0. The minimum absolute atomic E-state index is 0.332. The van der Waals surface area contributed by atoms with Crippen LogP contribution in [0, 0.1) is 11.3 Å². The maximum Gasteiger partial charge on any atom is 0.208 e. The molecular formula is C26H27N5O2. The molecule has 168 valence electrons. The van der Waals surface area contributed by atoms with Crippen molar-refractivity contribution in [2.24, 2.45) is 0 Å². The lowest BCUT2D eigenvalue weighted by Gasteiger charge is -2.33. The third-order valence-corrected chi connectivity index (χ3v) is 6.44. The number of fused-ring (bicyclic) bond motifs is 2. The number of nitrogens with zero attached hydrogens (tertiary/aromatic N) is 5. The van der Waals surface area contributed by atoms with E-state index in [1.54, 1.807) is 12.3 Å². The monoisotopic (exact) mass is 441 g/mol. The minimum atomic E-state index is -0.894. The highest BCUT2D eigenvalue weighted by molar-refractivity contribution is 5.77. The molecule has 2 aliphatic rings. The Kier molecular flexibility index (Phi) is 5.97. The van der Waals surface area contributed by atoms with Gasteiger partial charge in [0.15, 0.2) is 0 Å². The molecule has 1 aromatic heterocycles. The Hall–Kier alpha value is -3.44. The molecule has 0 amide bonds. The third-order valence-electron chi connectivity index (χ3n) is 6.44. The van der Waals surface area contributed by atoms with Gasteiger partial charge in [-0.05, 0) is 41.3 Å². The molecule has 5 rings (SSSR count). The van der Waals surface area contributed by atoms with Gasteiger partial charge in [0, 0.05) is 38.9 Å². The van der Waals surface area contributed by atoms with E-state index < -0.39 is 12.5 Å². The number of rotatable bonds is 6. The number of benzene rings is 2. The molecule has 0 bridgehead atoms. The lowest BCUT2D eigenvalue weighted by atomic mass is 10.00. The maximum absolute atomic E-state index is 11.2. The number of aliphatic hydroxyl groups is 2. The van der Waals surface area contributed by atoms with Gasteiger partial charge in [-0.25, -0.2) is 4.98 Å². The standard InChI is InChI=1S/C26H27N5O2/c27-13-22-10-9-19(14-28-22)15-30-24-7-3-4-8-25(24)31(26(30)33)18-23(32)17-29-12-11-20-5-1-2-6-21(20)16-29/h1-10,14,23,26,32-33H,11-12,15-18H2. The van der Waals surface area contributed by atoms with Crippen LogP contribution in [0.4, 0.5) is 11.4 Å². The molecule has 0 fully saturated rings. The van der Waals surface area contributed by atoms with Crippen LogP contribution in [0.5, 0.6) is 0 Å². The zero-order chi connectivity index (χ0) is 22.8. The first-order chi connectivity index (χ1) is 16.1. The van der Waals surface area contributed by atoms with Crippen molar-refractivity contribution in [3.05, 3.63) is 89.2 Å². The van der Waals surface area contributed by atoms with Crippen molar-refractivity contribution < 1.29 is 10.2 Å². The highest BCUT2D eigenvalue weighted by Gasteiger charge is 2.35. The fourth-order valence-corrected chi connectivity index (χ4v) is 4.80. The molecule has 33 heavy (non-hydrogen) atoms. The highest BCUT2D eigenvalue weighted by atomic mass is 16.3. The van der Waals surface area contributed by atoms with Crippen LogP contribution in [0.1, 0.15) is 22.4 Å². The Morgan fingerprint density at radius 2 is 1.70 bits per heavy atom. The Labute approximate surface area is 193 Å². The fourth-order valence-electron chi connectivity index (χ4n) is 4.80. The van der Waals surface area contributed by atoms with Crippen LogP contribution >= 0.6 is 0 Å². The van der Waals surface area contributed by atoms with Gasteiger partial charge in [0.1, 0.15) is 11.8 Å². The summed E-state index contributed by atoms with van der Waals surface area (Å²) in [6, 6.07) is 21.9. The SMILES string of the molecule is N#Cc1ccc(CN2c3ccccc3N(CC(O)CN3CCc4ccccc4C3)C2O)cn1. The van der Waals surface area contributed by atoms with Crippen molar-refractivity contribution >= 4 is 11.4 Å². The van der Waals surface area contributed by atoms with Crippen LogP contribution in [-0.2, 0) is 19.5 Å². The number of anilines is 2. The van der Waals surface area contributed by atoms with Gasteiger partial charge in [0.2, 0.25) is 6.35 Å². The van der Waals surface area contributed by atoms with E-state index in [1.165, 1.54) is 11.1 Å². The van der Waals surface area contributed by atoms with Crippen LogP contribution < -0.4 is 9.80 Å². The quantitative estimate of drug-likeness (QED) is 0.608. The molecular weight excluding hydrogens is 414 g/mol. The van der Waals surface area contributed by atoms with Gasteiger partial charge in [-0.2, -0.15) is 5.26 Å². The summed E-state index contributed by atoms with van der Waals surface area (Å²) in [4.78, 5) is 10.2. The van der Waals surface area contributed by atoms with E-state index in [1.807, 2.05) is 46.2 Å². The zero-order valence-electron chi connectivity index (χ0n) is 18.4. The second-order valence-electron chi connectivity index (χ2n) is 8.69. The second-order valence-corrected chi connectivity index (χ2v) is 8.69. The van der Waals surface area contributed by atoms with Crippen molar-refractivity contribution in [1.29, 1.82) is 5.26 Å². The van der Waals surface area contributed by atoms with E-state index in [-0.39, 0.29) is 0 Å². The maximum atomic E-state index is 11.2. The molecule has 2 N–H and O–H groups in total. The summed E-state index contributed by atoms with van der Waals surface area (Å²) >= 11 is 0. The third kappa shape index (κ3) is 4.41. The molecule has 0 aliphatic carbocycles. The van der Waals surface area contributed by atoms with Crippen molar-refractivity contribution in [2.75, 3.05) is 29.4 Å².